The second-order valence-corrected chi connectivity index (χ2v) is 8.70. The molecule has 1 aliphatic rings. The number of rotatable bonds is 3. The molecule has 2 aromatic rings. The lowest BCUT2D eigenvalue weighted by Gasteiger charge is -2.42. The van der Waals surface area contributed by atoms with Crippen LogP contribution in [0.2, 0.25) is 0 Å². The molecule has 2 aromatic carbocycles. The van der Waals surface area contributed by atoms with E-state index in [0.29, 0.717) is 6.54 Å². The molecule has 0 saturated heterocycles. The summed E-state index contributed by atoms with van der Waals surface area (Å²) in [5.41, 5.74) is 6.13. The minimum Gasteiger partial charge on any atom is -0.348 e. The Kier molecular flexibility index (Phi) is 4.49. The summed E-state index contributed by atoms with van der Waals surface area (Å²) in [6, 6.07) is 14.5. The van der Waals surface area contributed by atoms with Crippen LogP contribution in [0, 0.1) is 6.92 Å². The summed E-state index contributed by atoms with van der Waals surface area (Å²) in [5.74, 6) is 0.00237. The minimum absolute atomic E-state index is 0.00237. The number of amides is 1. The molecule has 0 spiro atoms. The predicted molar refractivity (Wildman–Crippen MR) is 104 cm³/mol. The summed E-state index contributed by atoms with van der Waals surface area (Å²) in [6.07, 6.45) is 2.34. The Morgan fingerprint density at radius 1 is 0.920 bits per heavy atom. The minimum atomic E-state index is 0.00237. The molecule has 132 valence electrons. The van der Waals surface area contributed by atoms with Gasteiger partial charge in [-0.3, -0.25) is 4.79 Å². The van der Waals surface area contributed by atoms with Crippen LogP contribution in [0.25, 0.3) is 0 Å². The van der Waals surface area contributed by atoms with Crippen LogP contribution < -0.4 is 5.32 Å². The molecular formula is C23H29NO. The number of hydrogen-bond donors (Lipinski definition) is 1. The van der Waals surface area contributed by atoms with Gasteiger partial charge in [-0.2, -0.15) is 0 Å². The molecule has 0 unspecified atom stereocenters. The molecule has 0 atom stereocenters. The summed E-state index contributed by atoms with van der Waals surface area (Å²) in [5, 5.41) is 3.05. The van der Waals surface area contributed by atoms with Gasteiger partial charge in [-0.05, 0) is 59.4 Å². The summed E-state index contributed by atoms with van der Waals surface area (Å²) in [6.45, 7) is 11.8. The van der Waals surface area contributed by atoms with Gasteiger partial charge >= 0.3 is 0 Å². The first-order valence-electron chi connectivity index (χ1n) is 9.18. The maximum absolute atomic E-state index is 12.6. The van der Waals surface area contributed by atoms with Gasteiger partial charge < -0.3 is 5.32 Å². The Balaban J connectivity index is 1.81. The summed E-state index contributed by atoms with van der Waals surface area (Å²) in [7, 11) is 0. The first kappa shape index (κ1) is 17.7. The van der Waals surface area contributed by atoms with Gasteiger partial charge in [0.2, 0.25) is 0 Å². The molecular weight excluding hydrogens is 306 g/mol. The van der Waals surface area contributed by atoms with Gasteiger partial charge in [0.1, 0.15) is 0 Å². The summed E-state index contributed by atoms with van der Waals surface area (Å²) in [4.78, 5) is 12.6. The van der Waals surface area contributed by atoms with E-state index in [2.05, 4.69) is 76.3 Å². The first-order valence-corrected chi connectivity index (χ1v) is 9.18. The average Bonchev–Trinajstić information content (AvgIpc) is 2.58. The van der Waals surface area contributed by atoms with E-state index in [-0.39, 0.29) is 16.7 Å². The molecule has 0 saturated carbocycles. The summed E-state index contributed by atoms with van der Waals surface area (Å²) >= 11 is 0. The van der Waals surface area contributed by atoms with E-state index in [1.54, 1.807) is 0 Å². The highest BCUT2D eigenvalue weighted by atomic mass is 16.1. The van der Waals surface area contributed by atoms with E-state index in [4.69, 9.17) is 0 Å². The zero-order valence-electron chi connectivity index (χ0n) is 16.1. The molecule has 2 nitrogen and oxygen atoms in total. The van der Waals surface area contributed by atoms with Gasteiger partial charge in [-0.25, -0.2) is 0 Å². The van der Waals surface area contributed by atoms with Crippen molar-refractivity contribution in [3.05, 3.63) is 70.3 Å². The fourth-order valence-corrected chi connectivity index (χ4v) is 3.72. The number of nitrogens with one attached hydrogen (secondary N) is 1. The third-order valence-corrected chi connectivity index (χ3v) is 5.69. The normalized spacial score (nSPS) is 17.6. The fourth-order valence-electron chi connectivity index (χ4n) is 3.72. The van der Waals surface area contributed by atoms with Crippen molar-refractivity contribution in [2.75, 3.05) is 0 Å². The Bertz CT molecular complexity index is 784. The maximum atomic E-state index is 12.6. The van der Waals surface area contributed by atoms with E-state index < -0.39 is 0 Å². The molecule has 1 aliphatic carbocycles. The van der Waals surface area contributed by atoms with Crippen LogP contribution in [0.1, 0.15) is 73.1 Å². The standard InChI is InChI=1S/C23H29NO/c1-16-6-8-17(9-7-16)15-24-21(25)18-10-11-19-20(14-18)23(4,5)13-12-22(19,2)3/h6-11,14H,12-13,15H2,1-5H3,(H,24,25). The highest BCUT2D eigenvalue weighted by Crippen LogP contribution is 2.45. The fraction of sp³-hybridized carbons (Fsp3) is 0.435. The molecule has 2 heteroatoms. The third kappa shape index (κ3) is 3.63. The molecule has 0 heterocycles. The van der Waals surface area contributed by atoms with Crippen molar-refractivity contribution in [3.63, 3.8) is 0 Å². The number of benzene rings is 2. The quantitative estimate of drug-likeness (QED) is 0.813. The Morgan fingerprint density at radius 2 is 1.52 bits per heavy atom. The van der Waals surface area contributed by atoms with E-state index in [9.17, 15) is 4.79 Å². The van der Waals surface area contributed by atoms with Crippen LogP contribution in [0.3, 0.4) is 0 Å². The van der Waals surface area contributed by atoms with Crippen molar-refractivity contribution >= 4 is 5.91 Å². The first-order chi connectivity index (χ1) is 11.7. The van der Waals surface area contributed by atoms with E-state index >= 15 is 0 Å². The van der Waals surface area contributed by atoms with Crippen LogP contribution in [0.4, 0.5) is 0 Å². The largest absolute Gasteiger partial charge is 0.348 e. The van der Waals surface area contributed by atoms with Crippen molar-refractivity contribution in [2.45, 2.75) is 64.8 Å². The van der Waals surface area contributed by atoms with Crippen LogP contribution in [0.15, 0.2) is 42.5 Å². The Labute approximate surface area is 151 Å². The van der Waals surface area contributed by atoms with Gasteiger partial charge in [0.25, 0.3) is 5.91 Å². The second-order valence-electron chi connectivity index (χ2n) is 8.70. The Morgan fingerprint density at radius 3 is 2.16 bits per heavy atom. The molecule has 25 heavy (non-hydrogen) atoms. The molecule has 0 aromatic heterocycles. The highest BCUT2D eigenvalue weighted by Gasteiger charge is 2.37. The molecule has 1 N–H and O–H groups in total. The van der Waals surface area contributed by atoms with Gasteiger partial charge in [0.05, 0.1) is 0 Å². The smallest absolute Gasteiger partial charge is 0.251 e. The third-order valence-electron chi connectivity index (χ3n) is 5.69. The van der Waals surface area contributed by atoms with Crippen molar-refractivity contribution in [2.24, 2.45) is 0 Å². The number of aryl methyl sites for hydroxylation is 1. The number of hydrogen-bond acceptors (Lipinski definition) is 1. The van der Waals surface area contributed by atoms with E-state index in [0.717, 1.165) is 17.5 Å². The lowest BCUT2D eigenvalue weighted by atomic mass is 9.63. The zero-order valence-corrected chi connectivity index (χ0v) is 16.1. The van der Waals surface area contributed by atoms with Crippen molar-refractivity contribution < 1.29 is 4.79 Å². The highest BCUT2D eigenvalue weighted by molar-refractivity contribution is 5.94. The second kappa shape index (κ2) is 6.33. The molecule has 0 bridgehead atoms. The van der Waals surface area contributed by atoms with Gasteiger partial charge in [0, 0.05) is 12.1 Å². The number of carbonyl (C=O) groups is 1. The number of fused-ring (bicyclic) bond motifs is 1. The zero-order chi connectivity index (χ0) is 18.2. The average molecular weight is 335 g/mol. The predicted octanol–water partition coefficient (Wildman–Crippen LogP) is 5.27. The molecule has 0 fully saturated rings. The van der Waals surface area contributed by atoms with Crippen LogP contribution in [-0.2, 0) is 17.4 Å². The van der Waals surface area contributed by atoms with Crippen LogP contribution in [0.5, 0.6) is 0 Å². The van der Waals surface area contributed by atoms with Crippen LogP contribution in [-0.4, -0.2) is 5.91 Å². The van der Waals surface area contributed by atoms with E-state index in [1.807, 2.05) is 6.07 Å². The monoisotopic (exact) mass is 335 g/mol. The summed E-state index contributed by atoms with van der Waals surface area (Å²) < 4.78 is 0. The SMILES string of the molecule is Cc1ccc(CNC(=O)c2ccc3c(c2)C(C)(C)CCC3(C)C)cc1. The number of carbonyl (C=O) groups excluding carboxylic acids is 1. The van der Waals surface area contributed by atoms with Crippen LogP contribution >= 0.6 is 0 Å². The van der Waals surface area contributed by atoms with Crippen molar-refractivity contribution in [1.82, 2.24) is 5.32 Å². The molecule has 3 rings (SSSR count). The maximum Gasteiger partial charge on any atom is 0.251 e. The molecule has 0 radical (unpaired) electrons. The molecule has 1 amide bonds. The van der Waals surface area contributed by atoms with Crippen molar-refractivity contribution in [3.8, 4) is 0 Å². The van der Waals surface area contributed by atoms with Crippen molar-refractivity contribution in [1.29, 1.82) is 0 Å². The molecule has 0 aliphatic heterocycles. The lowest BCUT2D eigenvalue weighted by Crippen LogP contribution is -2.34. The van der Waals surface area contributed by atoms with E-state index in [1.165, 1.54) is 23.1 Å². The van der Waals surface area contributed by atoms with Gasteiger partial charge in [-0.1, -0.05) is 63.6 Å². The van der Waals surface area contributed by atoms with Gasteiger partial charge in [0.15, 0.2) is 0 Å². The lowest BCUT2D eigenvalue weighted by molar-refractivity contribution is 0.0950. The topological polar surface area (TPSA) is 29.1 Å². The van der Waals surface area contributed by atoms with Gasteiger partial charge in [-0.15, -0.1) is 0 Å². The Hall–Kier alpha value is -2.09.